The molecule has 0 atom stereocenters. The fourth-order valence-electron chi connectivity index (χ4n) is 10.5. The normalized spacial score (nSPS) is 13.9. The van der Waals surface area contributed by atoms with Crippen LogP contribution in [0.4, 0.5) is 34.1 Å². The number of anilines is 6. The molecule has 14 aromatic rings. The lowest BCUT2D eigenvalue weighted by molar-refractivity contribution is 1.18. The van der Waals surface area contributed by atoms with Crippen molar-refractivity contribution in [2.45, 2.75) is 0 Å². The third kappa shape index (κ3) is 5.94. The lowest BCUT2D eigenvalue weighted by Crippen LogP contribution is -2.11. The highest BCUT2D eigenvalue weighted by Gasteiger charge is 2.23. The van der Waals surface area contributed by atoms with Crippen molar-refractivity contribution >= 4 is 99.3 Å². The molecule has 14 rings (SSSR count). The fourth-order valence-corrected chi connectivity index (χ4v) is 10.5. The predicted octanol–water partition coefficient (Wildman–Crippen LogP) is 17.7. The van der Waals surface area contributed by atoms with Crippen LogP contribution >= 0.6 is 0 Å². The summed E-state index contributed by atoms with van der Waals surface area (Å²) in [6.07, 6.45) is 0. The largest absolute Gasteiger partial charge is 0.310 e. The first-order chi connectivity index (χ1) is 37.9. The second-order valence-electron chi connectivity index (χ2n) is 17.1. The number of benzene rings is 12. The molecular weight excluding hydrogens is 825 g/mol. The lowest BCUT2D eigenvalue weighted by Gasteiger charge is -2.27. The molecule has 0 spiro atoms. The maximum atomic E-state index is 9.40. The van der Waals surface area contributed by atoms with E-state index in [0.29, 0.717) is 33.9 Å². The number of nitrogens with zero attached hydrogens (tertiary/aromatic N) is 4. The second kappa shape index (κ2) is 15.2. The number of hydrogen-bond acceptors (Lipinski definition) is 2. The van der Waals surface area contributed by atoms with Gasteiger partial charge in [0.25, 0.3) is 0 Å². The third-order valence-electron chi connectivity index (χ3n) is 13.3. The smallest absolute Gasteiger partial charge is 0.0645 e. The Bertz CT molecular complexity index is 4410. The van der Waals surface area contributed by atoms with Gasteiger partial charge in [0.15, 0.2) is 0 Å². The molecule has 4 nitrogen and oxygen atoms in total. The van der Waals surface area contributed by atoms with Crippen LogP contribution in [0.3, 0.4) is 0 Å². The molecule has 0 aliphatic heterocycles. The van der Waals surface area contributed by atoms with E-state index in [2.05, 4.69) is 81.9 Å². The van der Waals surface area contributed by atoms with Gasteiger partial charge in [-0.3, -0.25) is 0 Å². The molecular formula is C64H42N4. The van der Waals surface area contributed by atoms with Gasteiger partial charge >= 0.3 is 0 Å². The molecule has 0 aliphatic carbocycles. The van der Waals surface area contributed by atoms with E-state index in [4.69, 9.17) is 8.22 Å². The van der Waals surface area contributed by atoms with Crippen molar-refractivity contribution in [1.82, 2.24) is 9.13 Å². The Balaban J connectivity index is 0.991. The zero-order valence-electron chi connectivity index (χ0n) is 46.3. The maximum absolute atomic E-state index is 9.40. The molecule has 318 valence electrons. The molecule has 2 heterocycles. The van der Waals surface area contributed by atoms with E-state index in [0.717, 1.165) is 76.5 Å². The number of aromatic nitrogens is 2. The molecule has 0 bridgehead atoms. The minimum Gasteiger partial charge on any atom is -0.310 e. The summed E-state index contributed by atoms with van der Waals surface area (Å²) in [7, 11) is 0. The Kier molecular flexibility index (Phi) is 6.59. The summed E-state index contributed by atoms with van der Waals surface area (Å²) in [5.41, 5.74) is 9.15. The van der Waals surface area contributed by atoms with Crippen molar-refractivity contribution in [3.05, 3.63) is 255 Å². The summed E-state index contributed by atoms with van der Waals surface area (Å²) in [4.78, 5) is 3.48. The molecule has 2 aromatic heterocycles. The summed E-state index contributed by atoms with van der Waals surface area (Å²) in [6, 6.07) is 59.8. The molecule has 0 N–H and O–H groups in total. The van der Waals surface area contributed by atoms with Gasteiger partial charge < -0.3 is 18.9 Å². The summed E-state index contributed by atoms with van der Waals surface area (Å²) in [5.74, 6) is 0. The average molecular weight is 877 g/mol. The zero-order chi connectivity index (χ0) is 53.4. The van der Waals surface area contributed by atoms with Crippen LogP contribution in [0.25, 0.3) is 87.7 Å². The maximum Gasteiger partial charge on any atom is 0.0645 e. The Morgan fingerprint density at radius 3 is 1.12 bits per heavy atom. The standard InChI is InChI=1S/C64H42N4/c1-5-21-49(22-6-1)65(55-39-47-35-33-43-17-15-31-57-61(43)63(47)59(41-55)67(57)51-25-9-3-10-26-51)53-29-13-19-45(37-53)46-20-14-30-54(38-46)66(50-23-7-2-8-24-50)56-40-48-36-34-44-18-16-32-58-62(44)64(48)60(42-56)68(58)52-27-11-4-12-28-52/h1-42H/i1D,2D,5D,6D,7D,8D,21D,22D,23D,24D. The van der Waals surface area contributed by atoms with Gasteiger partial charge in [-0.1, -0.05) is 145 Å². The van der Waals surface area contributed by atoms with Crippen molar-refractivity contribution < 1.29 is 13.7 Å². The summed E-state index contributed by atoms with van der Waals surface area (Å²) in [5, 5.41) is 8.24. The summed E-state index contributed by atoms with van der Waals surface area (Å²) in [6.45, 7) is 0. The van der Waals surface area contributed by atoms with Crippen LogP contribution in [-0.2, 0) is 0 Å². The van der Waals surface area contributed by atoms with Crippen LogP contribution in [0.2, 0.25) is 0 Å². The molecule has 12 aromatic carbocycles. The van der Waals surface area contributed by atoms with E-state index in [-0.39, 0.29) is 35.5 Å². The van der Waals surface area contributed by atoms with E-state index in [1.54, 1.807) is 9.80 Å². The van der Waals surface area contributed by atoms with Gasteiger partial charge in [-0.2, -0.15) is 0 Å². The molecule has 0 unspecified atom stereocenters. The van der Waals surface area contributed by atoms with Crippen molar-refractivity contribution in [2.75, 3.05) is 9.80 Å². The van der Waals surface area contributed by atoms with Crippen LogP contribution in [0, 0.1) is 0 Å². The van der Waals surface area contributed by atoms with Crippen LogP contribution in [0.5, 0.6) is 0 Å². The van der Waals surface area contributed by atoms with Gasteiger partial charge in [-0.25, -0.2) is 0 Å². The highest BCUT2D eigenvalue weighted by molar-refractivity contribution is 6.26. The van der Waals surface area contributed by atoms with Crippen molar-refractivity contribution in [3.63, 3.8) is 0 Å². The molecule has 0 radical (unpaired) electrons. The highest BCUT2D eigenvalue weighted by Crippen LogP contribution is 2.47. The van der Waals surface area contributed by atoms with Crippen molar-refractivity contribution in [3.8, 4) is 22.5 Å². The minimum atomic E-state index is -0.501. The van der Waals surface area contributed by atoms with Gasteiger partial charge in [0.2, 0.25) is 0 Å². The summed E-state index contributed by atoms with van der Waals surface area (Å²) >= 11 is 0. The Morgan fingerprint density at radius 1 is 0.279 bits per heavy atom. The monoisotopic (exact) mass is 876 g/mol. The van der Waals surface area contributed by atoms with Crippen LogP contribution in [0.1, 0.15) is 13.7 Å². The van der Waals surface area contributed by atoms with Gasteiger partial charge in [0, 0.05) is 67.0 Å². The van der Waals surface area contributed by atoms with E-state index in [1.165, 1.54) is 0 Å². The summed E-state index contributed by atoms with van der Waals surface area (Å²) < 4.78 is 94.7. The van der Waals surface area contributed by atoms with E-state index < -0.39 is 36.3 Å². The van der Waals surface area contributed by atoms with E-state index in [1.807, 2.05) is 121 Å². The quantitative estimate of drug-likeness (QED) is 0.134. The van der Waals surface area contributed by atoms with Crippen molar-refractivity contribution in [2.24, 2.45) is 0 Å². The average Bonchev–Trinajstić information content (AvgIpc) is 4.18. The molecule has 68 heavy (non-hydrogen) atoms. The van der Waals surface area contributed by atoms with Crippen LogP contribution in [-0.4, -0.2) is 9.13 Å². The first-order valence-electron chi connectivity index (χ1n) is 27.5. The minimum absolute atomic E-state index is 0.0258. The topological polar surface area (TPSA) is 16.3 Å². The zero-order valence-corrected chi connectivity index (χ0v) is 36.3. The SMILES string of the molecule is [2H]c1c([2H])c([2H])c(N(c2cccc(-c3cccc(N(c4cc5ccc6cccc7c6c5c(c4)n7-c4ccccc4)c4c([2H])c([2H])c([2H])c([2H])c4[2H])c3)c2)c2cc3ccc4cccc5c4c3c(c2)n5-c2ccccc2)c([2H])c1[2H]. The first kappa shape index (κ1) is 29.4. The second-order valence-corrected chi connectivity index (χ2v) is 17.1. The molecule has 4 heteroatoms. The van der Waals surface area contributed by atoms with Gasteiger partial charge in [-0.05, 0) is 142 Å². The van der Waals surface area contributed by atoms with Gasteiger partial charge in [0.1, 0.15) is 0 Å². The lowest BCUT2D eigenvalue weighted by atomic mass is 10.00. The highest BCUT2D eigenvalue weighted by atomic mass is 15.2. The van der Waals surface area contributed by atoms with Crippen molar-refractivity contribution in [1.29, 1.82) is 0 Å². The van der Waals surface area contributed by atoms with Gasteiger partial charge in [0.05, 0.1) is 35.8 Å². The molecule has 0 aliphatic rings. The third-order valence-corrected chi connectivity index (χ3v) is 13.3. The Labute approximate surface area is 407 Å². The number of para-hydroxylation sites is 4. The number of rotatable bonds is 9. The van der Waals surface area contributed by atoms with E-state index in [9.17, 15) is 5.48 Å². The molecule has 0 fully saturated rings. The van der Waals surface area contributed by atoms with Gasteiger partial charge in [-0.15, -0.1) is 0 Å². The predicted molar refractivity (Wildman–Crippen MR) is 287 cm³/mol. The number of hydrogen-bond donors (Lipinski definition) is 0. The molecule has 0 amide bonds. The molecule has 0 saturated carbocycles. The van der Waals surface area contributed by atoms with Crippen LogP contribution < -0.4 is 9.80 Å². The first-order valence-corrected chi connectivity index (χ1v) is 22.5. The Hall–Kier alpha value is -9.12. The fraction of sp³-hybridized carbons (Fsp3) is 0. The molecule has 0 saturated heterocycles. The van der Waals surface area contributed by atoms with E-state index >= 15 is 0 Å². The van der Waals surface area contributed by atoms with Crippen LogP contribution in [0.15, 0.2) is 255 Å². The Morgan fingerprint density at radius 2 is 0.676 bits per heavy atom.